The molecule has 0 aliphatic heterocycles. The van der Waals surface area contributed by atoms with Gasteiger partial charge in [-0.2, -0.15) is 0 Å². The van der Waals surface area contributed by atoms with Gasteiger partial charge in [0.1, 0.15) is 4.88 Å². The molecule has 1 aromatic heterocycles. The standard InChI is InChI=1S/C14H18N2O4S/c1-8(12(17)16-14(15)19)20-13(18)11-7-9-5-3-2-4-6-10(9)21-11/h7-8H,2-6H2,1H3,(H3,15,16,17,19)/t8-/m0/s1. The zero-order valence-electron chi connectivity index (χ0n) is 11.8. The number of nitrogens with one attached hydrogen (secondary N) is 1. The van der Waals surface area contributed by atoms with Crippen molar-refractivity contribution in [3.05, 3.63) is 21.4 Å². The van der Waals surface area contributed by atoms with Gasteiger partial charge in [-0.25, -0.2) is 9.59 Å². The highest BCUT2D eigenvalue weighted by atomic mass is 32.1. The van der Waals surface area contributed by atoms with Crippen molar-refractivity contribution in [3.8, 4) is 0 Å². The Balaban J connectivity index is 2.00. The number of thiophene rings is 1. The number of carbonyl (C=O) groups excluding carboxylic acids is 3. The molecule has 0 spiro atoms. The van der Waals surface area contributed by atoms with Crippen LogP contribution in [-0.2, 0) is 22.4 Å². The van der Waals surface area contributed by atoms with Crippen LogP contribution < -0.4 is 11.1 Å². The third-order valence-corrected chi connectivity index (χ3v) is 4.56. The Hall–Kier alpha value is -1.89. The lowest BCUT2D eigenvalue weighted by molar-refractivity contribution is -0.127. The van der Waals surface area contributed by atoms with Crippen molar-refractivity contribution in [1.29, 1.82) is 0 Å². The van der Waals surface area contributed by atoms with Crippen LogP contribution in [0.15, 0.2) is 6.07 Å². The zero-order chi connectivity index (χ0) is 15.4. The topological polar surface area (TPSA) is 98.5 Å². The first kappa shape index (κ1) is 15.5. The lowest BCUT2D eigenvalue weighted by Gasteiger charge is -2.10. The largest absolute Gasteiger partial charge is 0.448 e. The van der Waals surface area contributed by atoms with Gasteiger partial charge in [-0.05, 0) is 44.2 Å². The summed E-state index contributed by atoms with van der Waals surface area (Å²) in [5.41, 5.74) is 6.05. The highest BCUT2D eigenvalue weighted by Gasteiger charge is 2.22. The van der Waals surface area contributed by atoms with Crippen LogP contribution in [0.4, 0.5) is 4.79 Å². The van der Waals surface area contributed by atoms with Gasteiger partial charge in [-0.3, -0.25) is 10.1 Å². The van der Waals surface area contributed by atoms with E-state index in [1.165, 1.54) is 35.1 Å². The number of fused-ring (bicyclic) bond motifs is 1. The minimum Gasteiger partial charge on any atom is -0.448 e. The predicted molar refractivity (Wildman–Crippen MR) is 78.2 cm³/mol. The first-order chi connectivity index (χ1) is 9.97. The molecule has 1 heterocycles. The Morgan fingerprint density at radius 3 is 2.71 bits per heavy atom. The monoisotopic (exact) mass is 310 g/mol. The lowest BCUT2D eigenvalue weighted by atomic mass is 10.1. The summed E-state index contributed by atoms with van der Waals surface area (Å²) in [5, 5.41) is 1.88. The van der Waals surface area contributed by atoms with Crippen molar-refractivity contribution in [3.63, 3.8) is 0 Å². The van der Waals surface area contributed by atoms with E-state index in [1.54, 1.807) is 0 Å². The quantitative estimate of drug-likeness (QED) is 0.656. The van der Waals surface area contributed by atoms with Crippen molar-refractivity contribution in [2.45, 2.75) is 45.1 Å². The van der Waals surface area contributed by atoms with Gasteiger partial charge in [0.2, 0.25) is 0 Å². The number of hydrogen-bond acceptors (Lipinski definition) is 5. The van der Waals surface area contributed by atoms with E-state index < -0.39 is 24.0 Å². The second kappa shape index (κ2) is 6.71. The summed E-state index contributed by atoms with van der Waals surface area (Å²) in [6.07, 6.45) is 4.40. The van der Waals surface area contributed by atoms with E-state index in [0.717, 1.165) is 25.7 Å². The van der Waals surface area contributed by atoms with Gasteiger partial charge in [0.25, 0.3) is 5.91 Å². The number of carbonyl (C=O) groups is 3. The molecule has 0 aromatic carbocycles. The molecule has 3 amide bonds. The Kier molecular flexibility index (Phi) is 4.95. The number of rotatable bonds is 3. The van der Waals surface area contributed by atoms with Gasteiger partial charge in [0.15, 0.2) is 6.10 Å². The first-order valence-electron chi connectivity index (χ1n) is 6.90. The molecule has 1 aliphatic rings. The van der Waals surface area contributed by atoms with Crippen LogP contribution in [0.2, 0.25) is 0 Å². The van der Waals surface area contributed by atoms with Crippen LogP contribution in [0.25, 0.3) is 0 Å². The molecule has 1 atom stereocenters. The van der Waals surface area contributed by atoms with Crippen LogP contribution in [0.3, 0.4) is 0 Å². The maximum atomic E-state index is 12.0. The first-order valence-corrected chi connectivity index (χ1v) is 7.72. The van der Waals surface area contributed by atoms with Crippen molar-refractivity contribution in [1.82, 2.24) is 5.32 Å². The van der Waals surface area contributed by atoms with Gasteiger partial charge < -0.3 is 10.5 Å². The summed E-state index contributed by atoms with van der Waals surface area (Å²) in [4.78, 5) is 35.8. The van der Waals surface area contributed by atoms with E-state index >= 15 is 0 Å². The number of nitrogens with two attached hydrogens (primary N) is 1. The Labute approximate surface area is 126 Å². The Bertz CT molecular complexity index is 544. The van der Waals surface area contributed by atoms with Crippen LogP contribution in [0.1, 0.15) is 46.3 Å². The Morgan fingerprint density at radius 1 is 1.29 bits per heavy atom. The molecule has 6 nitrogen and oxygen atoms in total. The third kappa shape index (κ3) is 4.04. The molecule has 21 heavy (non-hydrogen) atoms. The van der Waals surface area contributed by atoms with Crippen molar-refractivity contribution in [2.75, 3.05) is 0 Å². The molecule has 1 aromatic rings. The predicted octanol–water partition coefficient (Wildman–Crippen LogP) is 1.76. The molecule has 0 bridgehead atoms. The number of aryl methyl sites for hydroxylation is 2. The maximum Gasteiger partial charge on any atom is 0.349 e. The van der Waals surface area contributed by atoms with Gasteiger partial charge in [-0.1, -0.05) is 6.42 Å². The molecule has 0 unspecified atom stereocenters. The minimum absolute atomic E-state index is 0.501. The fourth-order valence-corrected chi connectivity index (χ4v) is 3.40. The van der Waals surface area contributed by atoms with Crippen LogP contribution in [-0.4, -0.2) is 24.0 Å². The highest BCUT2D eigenvalue weighted by molar-refractivity contribution is 7.14. The highest BCUT2D eigenvalue weighted by Crippen LogP contribution is 2.29. The van der Waals surface area contributed by atoms with Crippen LogP contribution >= 0.6 is 11.3 Å². The molecular formula is C14H18N2O4S. The number of amides is 3. The third-order valence-electron chi connectivity index (χ3n) is 3.35. The average Bonchev–Trinajstić information content (AvgIpc) is 2.69. The van der Waals surface area contributed by atoms with Crippen LogP contribution in [0.5, 0.6) is 0 Å². The Morgan fingerprint density at radius 2 is 2.00 bits per heavy atom. The maximum absolute atomic E-state index is 12.0. The van der Waals surface area contributed by atoms with Gasteiger partial charge >= 0.3 is 12.0 Å². The van der Waals surface area contributed by atoms with E-state index in [-0.39, 0.29) is 0 Å². The summed E-state index contributed by atoms with van der Waals surface area (Å²) in [6, 6.07) is 0.887. The second-order valence-corrected chi connectivity index (χ2v) is 6.16. The number of hydrogen-bond donors (Lipinski definition) is 2. The lowest BCUT2D eigenvalue weighted by Crippen LogP contribution is -2.42. The second-order valence-electron chi connectivity index (χ2n) is 5.02. The molecule has 0 fully saturated rings. The van der Waals surface area contributed by atoms with E-state index in [9.17, 15) is 14.4 Å². The van der Waals surface area contributed by atoms with E-state index in [1.807, 2.05) is 11.4 Å². The molecule has 2 rings (SSSR count). The fraction of sp³-hybridized carbons (Fsp3) is 0.500. The molecule has 0 saturated carbocycles. The van der Waals surface area contributed by atoms with Crippen molar-refractivity contribution < 1.29 is 19.1 Å². The molecular weight excluding hydrogens is 292 g/mol. The smallest absolute Gasteiger partial charge is 0.349 e. The van der Waals surface area contributed by atoms with Crippen LogP contribution in [0, 0.1) is 0 Å². The SMILES string of the molecule is C[C@H](OC(=O)c1cc2c(s1)CCCCC2)C(=O)NC(N)=O. The van der Waals surface area contributed by atoms with Gasteiger partial charge in [0.05, 0.1) is 0 Å². The number of esters is 1. The molecule has 1 aliphatic carbocycles. The number of primary amides is 1. The fourth-order valence-electron chi connectivity index (χ4n) is 2.26. The average molecular weight is 310 g/mol. The zero-order valence-corrected chi connectivity index (χ0v) is 12.6. The summed E-state index contributed by atoms with van der Waals surface area (Å²) in [5.74, 6) is -1.27. The van der Waals surface area contributed by atoms with E-state index in [0.29, 0.717) is 4.88 Å². The normalized spacial score (nSPS) is 15.5. The van der Waals surface area contributed by atoms with Gasteiger partial charge in [-0.15, -0.1) is 11.3 Å². The van der Waals surface area contributed by atoms with E-state index in [2.05, 4.69) is 0 Å². The van der Waals surface area contributed by atoms with Crippen molar-refractivity contribution in [2.24, 2.45) is 5.73 Å². The summed E-state index contributed by atoms with van der Waals surface area (Å²) < 4.78 is 5.06. The number of ether oxygens (including phenoxy) is 1. The summed E-state index contributed by atoms with van der Waals surface area (Å²) in [6.45, 7) is 1.40. The molecule has 114 valence electrons. The van der Waals surface area contributed by atoms with E-state index in [4.69, 9.17) is 10.5 Å². The molecule has 0 saturated heterocycles. The summed E-state index contributed by atoms with van der Waals surface area (Å²) >= 11 is 1.43. The van der Waals surface area contributed by atoms with Gasteiger partial charge in [0, 0.05) is 4.88 Å². The van der Waals surface area contributed by atoms with Crippen molar-refractivity contribution >= 4 is 29.2 Å². The molecule has 3 N–H and O–H groups in total. The number of imide groups is 1. The molecule has 7 heteroatoms. The number of urea groups is 1. The molecule has 0 radical (unpaired) electrons. The summed E-state index contributed by atoms with van der Waals surface area (Å²) in [7, 11) is 0. The minimum atomic E-state index is -1.06.